The third-order valence-corrected chi connectivity index (χ3v) is 13.3. The van der Waals surface area contributed by atoms with Crippen LogP contribution in [-0.2, 0) is 8.85 Å². The summed E-state index contributed by atoms with van der Waals surface area (Å²) in [5.41, 5.74) is 2.04. The summed E-state index contributed by atoms with van der Waals surface area (Å²) >= 11 is 0. The normalized spacial score (nSPS) is 13.8. The average molecular weight is 319 g/mol. The highest BCUT2D eigenvalue weighted by atomic mass is 28.4. The molecule has 20 heavy (non-hydrogen) atoms. The maximum atomic E-state index is 6.59. The third-order valence-electron chi connectivity index (χ3n) is 4.52. The Morgan fingerprint density at radius 3 is 1.60 bits per heavy atom. The van der Waals surface area contributed by atoms with Gasteiger partial charge in [0.2, 0.25) is 0 Å². The molecule has 0 saturated heterocycles. The van der Waals surface area contributed by atoms with Crippen LogP contribution in [0.25, 0.3) is 0 Å². The Bertz CT molecular complexity index is 241. The lowest BCUT2D eigenvalue weighted by atomic mass is 10.5. The molecule has 0 spiro atoms. The summed E-state index contributed by atoms with van der Waals surface area (Å²) in [5.74, 6) is 0. The van der Waals surface area contributed by atoms with Crippen molar-refractivity contribution in [3.05, 3.63) is 0 Å². The highest BCUT2D eigenvalue weighted by Gasteiger charge is 2.44. The molecule has 122 valence electrons. The minimum atomic E-state index is -1.67. The Labute approximate surface area is 129 Å². The quantitative estimate of drug-likeness (QED) is 0.374. The van der Waals surface area contributed by atoms with Gasteiger partial charge in [-0.25, -0.2) is 0 Å². The molecule has 0 amide bonds. The zero-order chi connectivity index (χ0) is 16.0. The van der Waals surface area contributed by atoms with Gasteiger partial charge in [0.05, 0.1) is 0 Å². The second-order valence-electron chi connectivity index (χ2n) is 7.46. The van der Waals surface area contributed by atoms with E-state index in [-0.39, 0.29) is 0 Å². The number of hydrogen-bond donors (Lipinski definition) is 0. The van der Waals surface area contributed by atoms with Gasteiger partial charge in [-0.2, -0.15) is 0 Å². The van der Waals surface area contributed by atoms with Crippen LogP contribution in [0.1, 0.15) is 54.9 Å². The van der Waals surface area contributed by atoms with Crippen LogP contribution >= 0.6 is 0 Å². The summed E-state index contributed by atoms with van der Waals surface area (Å²) < 4.78 is 12.5. The summed E-state index contributed by atoms with van der Waals surface area (Å²) in [7, 11) is -3.11. The zero-order valence-electron chi connectivity index (χ0n) is 15.4. The fraction of sp³-hybridized carbons (Fsp3) is 1.00. The van der Waals surface area contributed by atoms with Crippen molar-refractivity contribution >= 4 is 16.6 Å². The second kappa shape index (κ2) is 8.71. The molecule has 0 bridgehead atoms. The van der Waals surface area contributed by atoms with Crippen LogP contribution in [-0.4, -0.2) is 29.8 Å². The Kier molecular flexibility index (Phi) is 8.87. The van der Waals surface area contributed by atoms with Gasteiger partial charge >= 0.3 is 0 Å². The molecule has 0 heterocycles. The van der Waals surface area contributed by atoms with Crippen molar-refractivity contribution in [2.24, 2.45) is 0 Å². The zero-order valence-corrected chi connectivity index (χ0v) is 17.4. The monoisotopic (exact) mass is 318 g/mol. The van der Waals surface area contributed by atoms with E-state index in [9.17, 15) is 0 Å². The third kappa shape index (κ3) is 5.62. The van der Waals surface area contributed by atoms with E-state index in [1.54, 1.807) is 0 Å². The fourth-order valence-electron chi connectivity index (χ4n) is 3.71. The van der Waals surface area contributed by atoms with Gasteiger partial charge in [-0.05, 0) is 49.1 Å². The summed E-state index contributed by atoms with van der Waals surface area (Å²) in [4.78, 5) is 0. The van der Waals surface area contributed by atoms with Crippen molar-refractivity contribution in [2.75, 3.05) is 13.2 Å². The second-order valence-corrected chi connectivity index (χ2v) is 17.2. The van der Waals surface area contributed by atoms with Crippen molar-refractivity contribution in [3.8, 4) is 0 Å². The van der Waals surface area contributed by atoms with Crippen LogP contribution in [0.4, 0.5) is 0 Å². The van der Waals surface area contributed by atoms with Crippen LogP contribution in [0.5, 0.6) is 0 Å². The molecule has 2 nitrogen and oxygen atoms in total. The molecule has 4 heteroatoms. The van der Waals surface area contributed by atoms with E-state index in [1.807, 2.05) is 0 Å². The van der Waals surface area contributed by atoms with Crippen LogP contribution in [0, 0.1) is 0 Å². The molecular formula is C16H38O2Si2. The van der Waals surface area contributed by atoms with Crippen molar-refractivity contribution in [2.45, 2.75) is 90.6 Å². The van der Waals surface area contributed by atoms with Crippen LogP contribution in [0.15, 0.2) is 0 Å². The summed E-state index contributed by atoms with van der Waals surface area (Å²) in [6.45, 7) is 22.6. The number of hydrogen-bond acceptors (Lipinski definition) is 2. The maximum absolute atomic E-state index is 6.59. The average Bonchev–Trinajstić information content (AvgIpc) is 2.27. The summed E-state index contributed by atoms with van der Waals surface area (Å²) in [6.07, 6.45) is 1.15. The first-order valence-electron chi connectivity index (χ1n) is 8.38. The smallest absolute Gasteiger partial charge is 0.200 e. The summed E-state index contributed by atoms with van der Waals surface area (Å²) in [5, 5.41) is 0. The summed E-state index contributed by atoms with van der Waals surface area (Å²) in [6, 6.07) is 1.21. The van der Waals surface area contributed by atoms with Crippen LogP contribution in [0.2, 0.25) is 35.8 Å². The molecular weight excluding hydrogens is 280 g/mol. The van der Waals surface area contributed by atoms with E-state index >= 15 is 0 Å². The molecule has 0 aliphatic rings. The predicted octanol–water partition coefficient (Wildman–Crippen LogP) is 5.81. The van der Waals surface area contributed by atoms with Gasteiger partial charge in [0, 0.05) is 13.2 Å². The first-order valence-corrected chi connectivity index (χ1v) is 13.6. The lowest BCUT2D eigenvalue weighted by Crippen LogP contribution is -2.48. The van der Waals surface area contributed by atoms with Crippen molar-refractivity contribution in [1.82, 2.24) is 0 Å². The van der Waals surface area contributed by atoms with Crippen LogP contribution in [0.3, 0.4) is 0 Å². The largest absolute Gasteiger partial charge is 0.418 e. The highest BCUT2D eigenvalue weighted by molar-refractivity contribution is 6.77. The molecule has 0 N–H and O–H groups in total. The molecule has 0 rings (SSSR count). The van der Waals surface area contributed by atoms with E-state index in [2.05, 4.69) is 61.6 Å². The standard InChI is InChI=1S/C16H38O2Si2/c1-10-17-19(8,9)13-11-12-18-20(14(2)3,15(4)5)16(6)7/h14-16H,10-13H2,1-9H3. The Morgan fingerprint density at radius 2 is 1.25 bits per heavy atom. The molecule has 0 atom stereocenters. The molecule has 0 aromatic heterocycles. The van der Waals surface area contributed by atoms with Crippen molar-refractivity contribution in [1.29, 1.82) is 0 Å². The van der Waals surface area contributed by atoms with Gasteiger partial charge in [0.25, 0.3) is 0 Å². The van der Waals surface area contributed by atoms with Gasteiger partial charge in [-0.15, -0.1) is 0 Å². The molecule has 0 radical (unpaired) electrons. The fourth-order valence-corrected chi connectivity index (χ4v) is 11.1. The minimum Gasteiger partial charge on any atom is -0.418 e. The van der Waals surface area contributed by atoms with Crippen molar-refractivity contribution < 1.29 is 8.85 Å². The maximum Gasteiger partial charge on any atom is 0.200 e. The lowest BCUT2D eigenvalue weighted by molar-refractivity contribution is 0.271. The Balaban J connectivity index is 4.50. The van der Waals surface area contributed by atoms with E-state index < -0.39 is 16.6 Å². The molecule has 0 saturated carbocycles. The molecule has 0 aliphatic carbocycles. The van der Waals surface area contributed by atoms with Gasteiger partial charge in [-0.1, -0.05) is 41.5 Å². The van der Waals surface area contributed by atoms with Gasteiger partial charge in [0.15, 0.2) is 16.6 Å². The lowest BCUT2D eigenvalue weighted by Gasteiger charge is -2.42. The minimum absolute atomic E-state index is 0.680. The van der Waals surface area contributed by atoms with E-state index in [4.69, 9.17) is 8.85 Å². The first-order chi connectivity index (χ1) is 9.10. The van der Waals surface area contributed by atoms with Crippen LogP contribution < -0.4 is 0 Å². The van der Waals surface area contributed by atoms with Gasteiger partial charge in [0.1, 0.15) is 0 Å². The molecule has 0 aromatic rings. The molecule has 0 fully saturated rings. The highest BCUT2D eigenvalue weighted by Crippen LogP contribution is 2.42. The van der Waals surface area contributed by atoms with E-state index in [0.717, 1.165) is 19.6 Å². The topological polar surface area (TPSA) is 18.5 Å². The van der Waals surface area contributed by atoms with Crippen molar-refractivity contribution in [3.63, 3.8) is 0 Å². The molecule has 0 aromatic carbocycles. The molecule has 0 aliphatic heterocycles. The number of rotatable bonds is 10. The first kappa shape index (κ1) is 20.4. The van der Waals surface area contributed by atoms with Gasteiger partial charge in [-0.3, -0.25) is 0 Å². The Morgan fingerprint density at radius 1 is 0.800 bits per heavy atom. The van der Waals surface area contributed by atoms with E-state index in [1.165, 1.54) is 6.04 Å². The predicted molar refractivity (Wildman–Crippen MR) is 95.5 cm³/mol. The Hall–Kier alpha value is 0.354. The van der Waals surface area contributed by atoms with Gasteiger partial charge < -0.3 is 8.85 Å². The van der Waals surface area contributed by atoms with E-state index in [0.29, 0.717) is 16.6 Å². The SMILES string of the molecule is CCO[Si](C)(C)CCCO[Si](C(C)C)(C(C)C)C(C)C. The molecule has 0 unspecified atom stereocenters.